The molecule has 0 bridgehead atoms. The van der Waals surface area contributed by atoms with Gasteiger partial charge < -0.3 is 0 Å². The number of benzene rings is 1. The Labute approximate surface area is 126 Å². The maximum atomic E-state index is 12.3. The Morgan fingerprint density at radius 2 is 1.86 bits per heavy atom. The van der Waals surface area contributed by atoms with Gasteiger partial charge in [-0.15, -0.1) is 0 Å². The van der Waals surface area contributed by atoms with E-state index in [0.717, 1.165) is 16.8 Å². The van der Waals surface area contributed by atoms with Crippen LogP contribution in [-0.2, 0) is 23.6 Å². The number of aryl methyl sites for hydroxylation is 2. The lowest BCUT2D eigenvalue weighted by Gasteiger charge is -2.09. The SMILES string of the molecule is Cc1nn(C)cc1CNS(=O)(=O)c1ccc(C(C)C)cc1. The van der Waals surface area contributed by atoms with Crippen molar-refractivity contribution in [2.24, 2.45) is 7.05 Å². The maximum absolute atomic E-state index is 12.3. The van der Waals surface area contributed by atoms with Gasteiger partial charge in [-0.3, -0.25) is 4.68 Å². The Balaban J connectivity index is 2.13. The standard InChI is InChI=1S/C15H21N3O2S/c1-11(2)13-5-7-15(8-6-13)21(19,20)16-9-14-10-18(4)17-12(14)3/h5-8,10-11,16H,9H2,1-4H3. The highest BCUT2D eigenvalue weighted by Crippen LogP contribution is 2.17. The van der Waals surface area contributed by atoms with Gasteiger partial charge in [-0.05, 0) is 30.5 Å². The molecule has 0 atom stereocenters. The van der Waals surface area contributed by atoms with E-state index in [4.69, 9.17) is 0 Å². The molecule has 0 fully saturated rings. The van der Waals surface area contributed by atoms with E-state index in [1.165, 1.54) is 0 Å². The number of hydrogen-bond donors (Lipinski definition) is 1. The minimum absolute atomic E-state index is 0.244. The zero-order valence-corrected chi connectivity index (χ0v) is 13.6. The summed E-state index contributed by atoms with van der Waals surface area (Å²) in [5.41, 5.74) is 2.83. The van der Waals surface area contributed by atoms with Crippen molar-refractivity contribution in [3.05, 3.63) is 47.3 Å². The highest BCUT2D eigenvalue weighted by atomic mass is 32.2. The molecule has 114 valence electrons. The molecule has 2 aromatic rings. The smallest absolute Gasteiger partial charge is 0.240 e. The minimum atomic E-state index is -3.50. The second-order valence-electron chi connectivity index (χ2n) is 5.46. The Kier molecular flexibility index (Phi) is 4.49. The summed E-state index contributed by atoms with van der Waals surface area (Å²) in [6.07, 6.45) is 1.82. The van der Waals surface area contributed by atoms with Crippen LogP contribution in [0.1, 0.15) is 36.6 Å². The molecule has 1 aromatic heterocycles. The molecule has 0 aliphatic carbocycles. The molecule has 0 saturated heterocycles. The summed E-state index contributed by atoms with van der Waals surface area (Å²) in [6, 6.07) is 7.00. The molecule has 1 aromatic carbocycles. The van der Waals surface area contributed by atoms with Crippen LogP contribution < -0.4 is 4.72 Å². The fraction of sp³-hybridized carbons (Fsp3) is 0.400. The van der Waals surface area contributed by atoms with E-state index in [9.17, 15) is 8.42 Å². The van der Waals surface area contributed by atoms with Crippen LogP contribution in [0.3, 0.4) is 0 Å². The van der Waals surface area contributed by atoms with Gasteiger partial charge in [-0.1, -0.05) is 26.0 Å². The van der Waals surface area contributed by atoms with Gasteiger partial charge in [-0.2, -0.15) is 5.10 Å². The lowest BCUT2D eigenvalue weighted by Crippen LogP contribution is -2.23. The fourth-order valence-electron chi connectivity index (χ4n) is 2.11. The lowest BCUT2D eigenvalue weighted by atomic mass is 10.0. The third-order valence-corrected chi connectivity index (χ3v) is 4.84. The number of rotatable bonds is 5. The largest absolute Gasteiger partial charge is 0.275 e. The van der Waals surface area contributed by atoms with Gasteiger partial charge >= 0.3 is 0 Å². The lowest BCUT2D eigenvalue weighted by molar-refractivity contribution is 0.581. The number of nitrogens with one attached hydrogen (secondary N) is 1. The normalized spacial score (nSPS) is 12.0. The second kappa shape index (κ2) is 5.99. The van der Waals surface area contributed by atoms with E-state index >= 15 is 0 Å². The van der Waals surface area contributed by atoms with Crippen molar-refractivity contribution in [1.82, 2.24) is 14.5 Å². The summed E-state index contributed by atoms with van der Waals surface area (Å²) >= 11 is 0. The van der Waals surface area contributed by atoms with Crippen LogP contribution in [0, 0.1) is 6.92 Å². The molecule has 0 aliphatic rings. The second-order valence-corrected chi connectivity index (χ2v) is 7.23. The van der Waals surface area contributed by atoms with E-state index in [1.807, 2.05) is 32.3 Å². The van der Waals surface area contributed by atoms with Gasteiger partial charge in [0.2, 0.25) is 10.0 Å². The molecule has 2 rings (SSSR count). The highest BCUT2D eigenvalue weighted by Gasteiger charge is 2.15. The molecule has 0 spiro atoms. The maximum Gasteiger partial charge on any atom is 0.240 e. The van der Waals surface area contributed by atoms with Crippen LogP contribution in [0.5, 0.6) is 0 Å². The Hall–Kier alpha value is -1.66. The van der Waals surface area contributed by atoms with Gasteiger partial charge in [0.1, 0.15) is 0 Å². The number of sulfonamides is 1. The van der Waals surface area contributed by atoms with Crippen molar-refractivity contribution in [1.29, 1.82) is 0 Å². The zero-order valence-electron chi connectivity index (χ0n) is 12.8. The van der Waals surface area contributed by atoms with Crippen LogP contribution >= 0.6 is 0 Å². The van der Waals surface area contributed by atoms with E-state index in [0.29, 0.717) is 5.92 Å². The first kappa shape index (κ1) is 15.7. The highest BCUT2D eigenvalue weighted by molar-refractivity contribution is 7.89. The number of hydrogen-bond acceptors (Lipinski definition) is 3. The quantitative estimate of drug-likeness (QED) is 0.922. The first-order chi connectivity index (χ1) is 9.79. The average molecular weight is 307 g/mol. The van der Waals surface area contributed by atoms with Gasteiger partial charge in [0, 0.05) is 25.4 Å². The summed E-state index contributed by atoms with van der Waals surface area (Å²) in [5.74, 6) is 0.382. The zero-order chi connectivity index (χ0) is 15.6. The van der Waals surface area contributed by atoms with Crippen molar-refractivity contribution in [2.75, 3.05) is 0 Å². The Bertz CT molecular complexity index is 716. The summed E-state index contributed by atoms with van der Waals surface area (Å²) in [4.78, 5) is 0.286. The van der Waals surface area contributed by atoms with Gasteiger partial charge in [-0.25, -0.2) is 13.1 Å². The number of aromatic nitrogens is 2. The third-order valence-electron chi connectivity index (χ3n) is 3.42. The minimum Gasteiger partial charge on any atom is -0.275 e. The topological polar surface area (TPSA) is 64.0 Å². The predicted octanol–water partition coefficient (Wildman–Crippen LogP) is 2.33. The van der Waals surface area contributed by atoms with Gasteiger partial charge in [0.15, 0.2) is 0 Å². The van der Waals surface area contributed by atoms with Crippen molar-refractivity contribution in [3.8, 4) is 0 Å². The number of nitrogens with zero attached hydrogens (tertiary/aromatic N) is 2. The van der Waals surface area contributed by atoms with Gasteiger partial charge in [0.25, 0.3) is 0 Å². The summed E-state index contributed by atoms with van der Waals surface area (Å²) in [7, 11) is -1.68. The van der Waals surface area contributed by atoms with Gasteiger partial charge in [0.05, 0.1) is 10.6 Å². The van der Waals surface area contributed by atoms with E-state index < -0.39 is 10.0 Å². The van der Waals surface area contributed by atoms with Crippen LogP contribution in [0.4, 0.5) is 0 Å². The average Bonchev–Trinajstić information content (AvgIpc) is 2.75. The molecule has 0 saturated carbocycles. The Morgan fingerprint density at radius 1 is 1.24 bits per heavy atom. The van der Waals surface area contributed by atoms with E-state index in [-0.39, 0.29) is 11.4 Å². The molecule has 0 amide bonds. The Morgan fingerprint density at radius 3 is 2.33 bits per heavy atom. The monoisotopic (exact) mass is 307 g/mol. The molecular weight excluding hydrogens is 286 g/mol. The van der Waals surface area contributed by atoms with Crippen LogP contribution in [-0.4, -0.2) is 18.2 Å². The summed E-state index contributed by atoms with van der Waals surface area (Å²) in [5, 5.41) is 4.20. The molecule has 0 radical (unpaired) electrons. The first-order valence-corrected chi connectivity index (χ1v) is 8.36. The van der Waals surface area contributed by atoms with Crippen LogP contribution in [0.15, 0.2) is 35.4 Å². The molecule has 21 heavy (non-hydrogen) atoms. The molecular formula is C15H21N3O2S. The molecule has 5 nitrogen and oxygen atoms in total. The van der Waals surface area contributed by atoms with Crippen molar-refractivity contribution in [3.63, 3.8) is 0 Å². The fourth-order valence-corrected chi connectivity index (χ4v) is 3.12. The third kappa shape index (κ3) is 3.71. The van der Waals surface area contributed by atoms with Crippen LogP contribution in [0.2, 0.25) is 0 Å². The first-order valence-electron chi connectivity index (χ1n) is 6.88. The molecule has 6 heteroatoms. The molecule has 0 aliphatic heterocycles. The molecule has 1 heterocycles. The molecule has 1 N–H and O–H groups in total. The van der Waals surface area contributed by atoms with Crippen LogP contribution in [0.25, 0.3) is 0 Å². The predicted molar refractivity (Wildman–Crippen MR) is 82.5 cm³/mol. The van der Waals surface area contributed by atoms with E-state index in [2.05, 4.69) is 23.7 Å². The van der Waals surface area contributed by atoms with E-state index in [1.54, 1.807) is 16.8 Å². The van der Waals surface area contributed by atoms with Crippen molar-refractivity contribution < 1.29 is 8.42 Å². The van der Waals surface area contributed by atoms with Crippen molar-refractivity contribution in [2.45, 2.75) is 38.1 Å². The van der Waals surface area contributed by atoms with Crippen molar-refractivity contribution >= 4 is 10.0 Å². The summed E-state index contributed by atoms with van der Waals surface area (Å²) in [6.45, 7) is 6.26. The summed E-state index contributed by atoms with van der Waals surface area (Å²) < 4.78 is 28.8. The molecule has 0 unspecified atom stereocenters.